The minimum absolute atomic E-state index is 0. The van der Waals surface area contributed by atoms with E-state index in [4.69, 9.17) is 0 Å². The van der Waals surface area contributed by atoms with Crippen LogP contribution in [0.15, 0.2) is 41.4 Å². The fourth-order valence-corrected chi connectivity index (χ4v) is 2.12. The van der Waals surface area contributed by atoms with Gasteiger partial charge in [-0.05, 0) is 36.2 Å². The van der Waals surface area contributed by atoms with E-state index in [-0.39, 0.29) is 36.1 Å². The van der Waals surface area contributed by atoms with Crippen molar-refractivity contribution in [1.82, 2.24) is 10.6 Å². The predicted molar refractivity (Wildman–Crippen MR) is 100 cm³/mol. The van der Waals surface area contributed by atoms with E-state index in [0.29, 0.717) is 24.5 Å². The van der Waals surface area contributed by atoms with E-state index in [9.17, 15) is 17.6 Å². The smallest absolute Gasteiger partial charge is 0.191 e. The van der Waals surface area contributed by atoms with Crippen LogP contribution < -0.4 is 10.6 Å². The zero-order valence-corrected chi connectivity index (χ0v) is 15.8. The Kier molecular flexibility index (Phi) is 8.67. The molecule has 0 aromatic heterocycles. The van der Waals surface area contributed by atoms with Gasteiger partial charge >= 0.3 is 0 Å². The van der Waals surface area contributed by atoms with E-state index in [0.717, 1.165) is 24.3 Å². The van der Waals surface area contributed by atoms with Crippen molar-refractivity contribution in [2.45, 2.75) is 13.0 Å². The number of halogens is 5. The first-order valence-electron chi connectivity index (χ1n) is 7.32. The van der Waals surface area contributed by atoms with Crippen LogP contribution in [0.2, 0.25) is 0 Å². The average Bonchev–Trinajstić information content (AvgIpc) is 2.55. The Balaban J connectivity index is 0.00000312. The topological polar surface area (TPSA) is 36.4 Å². The van der Waals surface area contributed by atoms with E-state index in [1.807, 2.05) is 0 Å². The first kappa shape index (κ1) is 21.2. The number of nitrogens with one attached hydrogen (secondary N) is 2. The maximum absolute atomic E-state index is 13.5. The molecule has 0 aliphatic heterocycles. The molecule has 0 bridgehead atoms. The molecule has 0 spiro atoms. The number of aliphatic imine (C=N–C) groups is 1. The lowest BCUT2D eigenvalue weighted by atomic mass is 10.1. The molecule has 136 valence electrons. The highest BCUT2D eigenvalue weighted by molar-refractivity contribution is 14.0. The summed E-state index contributed by atoms with van der Waals surface area (Å²) in [6.45, 7) is 0.391. The highest BCUT2D eigenvalue weighted by atomic mass is 127. The summed E-state index contributed by atoms with van der Waals surface area (Å²) in [5.41, 5.74) is 0.540. The predicted octanol–water partition coefficient (Wildman–Crippen LogP) is 3.77. The summed E-state index contributed by atoms with van der Waals surface area (Å²) in [6, 6.07) is 6.60. The van der Waals surface area contributed by atoms with Crippen LogP contribution >= 0.6 is 24.0 Å². The zero-order valence-electron chi connectivity index (χ0n) is 13.5. The highest BCUT2D eigenvalue weighted by Crippen LogP contribution is 2.10. The quantitative estimate of drug-likeness (QED) is 0.304. The second-order valence-corrected chi connectivity index (χ2v) is 5.07. The van der Waals surface area contributed by atoms with Gasteiger partial charge in [-0.15, -0.1) is 24.0 Å². The second kappa shape index (κ2) is 10.2. The molecule has 0 saturated carbocycles. The molecule has 0 saturated heterocycles. The number of guanidine groups is 1. The Bertz CT molecular complexity index is 738. The van der Waals surface area contributed by atoms with Crippen molar-refractivity contribution >= 4 is 29.9 Å². The Morgan fingerprint density at radius 1 is 0.880 bits per heavy atom. The van der Waals surface area contributed by atoms with Crippen LogP contribution in [0.4, 0.5) is 17.6 Å². The molecule has 0 amide bonds. The minimum atomic E-state index is -0.626. The van der Waals surface area contributed by atoms with Crippen molar-refractivity contribution in [3.63, 3.8) is 0 Å². The van der Waals surface area contributed by atoms with Gasteiger partial charge in [-0.2, -0.15) is 0 Å². The molecule has 2 aromatic rings. The first-order chi connectivity index (χ1) is 11.5. The largest absolute Gasteiger partial charge is 0.356 e. The highest BCUT2D eigenvalue weighted by Gasteiger charge is 2.06. The van der Waals surface area contributed by atoms with Crippen LogP contribution in [0.3, 0.4) is 0 Å². The van der Waals surface area contributed by atoms with Crippen molar-refractivity contribution in [1.29, 1.82) is 0 Å². The maximum Gasteiger partial charge on any atom is 0.191 e. The van der Waals surface area contributed by atoms with Crippen LogP contribution in [-0.2, 0) is 13.0 Å². The Labute approximate surface area is 160 Å². The van der Waals surface area contributed by atoms with Gasteiger partial charge in [0, 0.05) is 31.8 Å². The monoisotopic (exact) mass is 467 g/mol. The van der Waals surface area contributed by atoms with E-state index in [2.05, 4.69) is 15.6 Å². The van der Waals surface area contributed by atoms with E-state index >= 15 is 0 Å². The zero-order chi connectivity index (χ0) is 17.5. The third kappa shape index (κ3) is 6.52. The van der Waals surface area contributed by atoms with Gasteiger partial charge in [0.05, 0.1) is 0 Å². The third-order valence-electron chi connectivity index (χ3n) is 3.38. The lowest BCUT2D eigenvalue weighted by molar-refractivity contribution is 0.570. The van der Waals surface area contributed by atoms with Gasteiger partial charge in [-0.1, -0.05) is 6.07 Å². The average molecular weight is 467 g/mol. The molecule has 0 fully saturated rings. The molecule has 25 heavy (non-hydrogen) atoms. The van der Waals surface area contributed by atoms with Gasteiger partial charge in [-0.25, -0.2) is 17.6 Å². The Morgan fingerprint density at radius 3 is 2.24 bits per heavy atom. The molecule has 2 aromatic carbocycles. The van der Waals surface area contributed by atoms with Gasteiger partial charge in [-0.3, -0.25) is 4.99 Å². The summed E-state index contributed by atoms with van der Waals surface area (Å²) in [7, 11) is 1.52. The van der Waals surface area contributed by atoms with E-state index in [1.165, 1.54) is 19.2 Å². The molecule has 2 N–H and O–H groups in total. The van der Waals surface area contributed by atoms with E-state index < -0.39 is 23.3 Å². The summed E-state index contributed by atoms with van der Waals surface area (Å²) >= 11 is 0. The molecule has 0 aliphatic rings. The van der Waals surface area contributed by atoms with E-state index in [1.54, 1.807) is 0 Å². The number of nitrogens with zero attached hydrogens (tertiary/aromatic N) is 1. The van der Waals surface area contributed by atoms with Crippen LogP contribution in [0.1, 0.15) is 11.1 Å². The lowest BCUT2D eigenvalue weighted by Crippen LogP contribution is -2.38. The summed E-state index contributed by atoms with van der Waals surface area (Å²) < 4.78 is 53.0. The van der Waals surface area contributed by atoms with Crippen LogP contribution in [0.25, 0.3) is 0 Å². The van der Waals surface area contributed by atoms with Crippen molar-refractivity contribution < 1.29 is 17.6 Å². The van der Waals surface area contributed by atoms with Gasteiger partial charge in [0.1, 0.15) is 23.3 Å². The fourth-order valence-electron chi connectivity index (χ4n) is 2.12. The summed E-state index contributed by atoms with van der Waals surface area (Å²) in [4.78, 5) is 3.95. The summed E-state index contributed by atoms with van der Waals surface area (Å²) in [5, 5.41) is 5.77. The first-order valence-corrected chi connectivity index (χ1v) is 7.32. The molecule has 0 aliphatic carbocycles. The number of hydrogen-bond donors (Lipinski definition) is 2. The number of benzene rings is 2. The van der Waals surface area contributed by atoms with Crippen molar-refractivity contribution in [3.05, 3.63) is 70.8 Å². The van der Waals surface area contributed by atoms with Crippen molar-refractivity contribution in [2.75, 3.05) is 13.6 Å². The number of rotatable bonds is 5. The lowest BCUT2D eigenvalue weighted by Gasteiger charge is -2.12. The maximum atomic E-state index is 13.5. The molecule has 0 radical (unpaired) electrons. The molecule has 8 heteroatoms. The summed E-state index contributed by atoms with van der Waals surface area (Å²) in [6.07, 6.45) is 0.321. The van der Waals surface area contributed by atoms with Gasteiger partial charge in [0.2, 0.25) is 0 Å². The Hall–Kier alpha value is -1.84. The fraction of sp³-hybridized carbons (Fsp3) is 0.235. The van der Waals surface area contributed by atoms with Crippen molar-refractivity contribution in [2.24, 2.45) is 4.99 Å². The van der Waals surface area contributed by atoms with Crippen LogP contribution in [0.5, 0.6) is 0 Å². The van der Waals surface area contributed by atoms with Crippen LogP contribution in [-0.4, -0.2) is 19.6 Å². The molecule has 2 rings (SSSR count). The number of hydrogen-bond acceptors (Lipinski definition) is 1. The molecular weight excluding hydrogens is 449 g/mol. The summed E-state index contributed by atoms with van der Waals surface area (Å²) in [5.74, 6) is -1.92. The molecular formula is C17H18F4IN3. The third-order valence-corrected chi connectivity index (χ3v) is 3.38. The van der Waals surface area contributed by atoms with Gasteiger partial charge in [0.15, 0.2) is 5.96 Å². The Morgan fingerprint density at radius 2 is 1.56 bits per heavy atom. The SMILES string of the molecule is CN=C(NCCc1ccc(F)cc1F)NCc1cc(F)ccc1F.I. The standard InChI is InChI=1S/C17H17F4N3.HI/c1-22-17(24-10-12-8-13(18)4-5-15(12)20)23-7-6-11-2-3-14(19)9-16(11)21;/h2-5,8-9H,6-7,10H2,1H3,(H2,22,23,24);1H. The van der Waals surface area contributed by atoms with Gasteiger partial charge in [0.25, 0.3) is 0 Å². The van der Waals surface area contributed by atoms with Crippen molar-refractivity contribution in [3.8, 4) is 0 Å². The second-order valence-electron chi connectivity index (χ2n) is 5.07. The van der Waals surface area contributed by atoms with Crippen LogP contribution in [0, 0.1) is 23.3 Å². The molecule has 0 atom stereocenters. The normalized spacial score (nSPS) is 11.0. The molecule has 0 unspecified atom stereocenters. The van der Waals surface area contributed by atoms with Gasteiger partial charge < -0.3 is 10.6 Å². The molecule has 0 heterocycles. The molecule has 3 nitrogen and oxygen atoms in total. The minimum Gasteiger partial charge on any atom is -0.356 e.